The average Bonchev–Trinajstić information content (AvgIpc) is 3.26. The van der Waals surface area contributed by atoms with Crippen LogP contribution >= 0.6 is 22.9 Å². The first-order valence-corrected chi connectivity index (χ1v) is 11.9. The SMILES string of the molecule is CN(c1cccc(Cl)c1)S(=O)(=O)c1cccc(C(=O)OCc2cc(=O)n3ccsc3n2)c1. The summed E-state index contributed by atoms with van der Waals surface area (Å²) in [5, 5.41) is 2.13. The number of carbonyl (C=O) groups excluding carboxylic acids is 1. The third kappa shape index (κ3) is 4.38. The van der Waals surface area contributed by atoms with Crippen LogP contribution in [0.3, 0.4) is 0 Å². The van der Waals surface area contributed by atoms with Gasteiger partial charge in [0.05, 0.1) is 21.8 Å². The van der Waals surface area contributed by atoms with Crippen molar-refractivity contribution in [3.63, 3.8) is 0 Å². The van der Waals surface area contributed by atoms with Crippen LogP contribution < -0.4 is 9.86 Å². The van der Waals surface area contributed by atoms with Crippen molar-refractivity contribution in [3.05, 3.63) is 92.8 Å². The molecule has 2 aromatic carbocycles. The molecule has 4 rings (SSSR count). The summed E-state index contributed by atoms with van der Waals surface area (Å²) in [4.78, 5) is 29.2. The van der Waals surface area contributed by atoms with E-state index < -0.39 is 16.0 Å². The molecule has 0 aliphatic carbocycles. The number of sulfonamides is 1. The zero-order chi connectivity index (χ0) is 22.9. The quantitative estimate of drug-likeness (QED) is 0.384. The Morgan fingerprint density at radius 3 is 2.75 bits per heavy atom. The molecule has 0 atom stereocenters. The summed E-state index contributed by atoms with van der Waals surface area (Å²) in [6.45, 7) is -0.220. The van der Waals surface area contributed by atoms with Gasteiger partial charge in [0.15, 0.2) is 4.96 Å². The molecule has 0 saturated heterocycles. The minimum absolute atomic E-state index is 0.0551. The number of esters is 1. The molecule has 0 spiro atoms. The topological polar surface area (TPSA) is 98.0 Å². The first-order valence-electron chi connectivity index (χ1n) is 9.23. The lowest BCUT2D eigenvalue weighted by molar-refractivity contribution is 0.0467. The van der Waals surface area contributed by atoms with Gasteiger partial charge >= 0.3 is 5.97 Å². The Hall–Kier alpha value is -3.21. The van der Waals surface area contributed by atoms with Crippen molar-refractivity contribution in [1.29, 1.82) is 0 Å². The van der Waals surface area contributed by atoms with Gasteiger partial charge in [0.1, 0.15) is 6.61 Å². The molecule has 0 N–H and O–H groups in total. The van der Waals surface area contributed by atoms with Crippen LogP contribution in [0.15, 0.2) is 75.9 Å². The zero-order valence-electron chi connectivity index (χ0n) is 16.6. The highest BCUT2D eigenvalue weighted by Gasteiger charge is 2.23. The standard InChI is InChI=1S/C21H16ClN3O5S2/c1-24(17-6-3-5-15(22)11-17)32(28,29)18-7-2-4-14(10-18)20(27)30-13-16-12-19(26)25-8-9-31-21(25)23-16/h2-12H,13H2,1H3. The lowest BCUT2D eigenvalue weighted by atomic mass is 10.2. The van der Waals surface area contributed by atoms with Crippen molar-refractivity contribution in [1.82, 2.24) is 9.38 Å². The van der Waals surface area contributed by atoms with Crippen LogP contribution in [-0.2, 0) is 21.4 Å². The molecule has 0 bridgehead atoms. The van der Waals surface area contributed by atoms with E-state index in [2.05, 4.69) is 4.98 Å². The maximum absolute atomic E-state index is 13.0. The molecule has 164 valence electrons. The van der Waals surface area contributed by atoms with E-state index in [1.807, 2.05) is 0 Å². The number of hydrogen-bond donors (Lipinski definition) is 0. The Bertz CT molecular complexity index is 1480. The highest BCUT2D eigenvalue weighted by atomic mass is 35.5. The molecule has 0 aliphatic rings. The van der Waals surface area contributed by atoms with Crippen LogP contribution in [0.4, 0.5) is 5.69 Å². The van der Waals surface area contributed by atoms with E-state index in [1.54, 1.807) is 29.8 Å². The molecule has 4 aromatic rings. The van der Waals surface area contributed by atoms with Gasteiger partial charge in [-0.3, -0.25) is 13.5 Å². The number of fused-ring (bicyclic) bond motifs is 1. The smallest absolute Gasteiger partial charge is 0.338 e. The van der Waals surface area contributed by atoms with Crippen molar-refractivity contribution >= 4 is 49.6 Å². The summed E-state index contributed by atoms with van der Waals surface area (Å²) >= 11 is 7.25. The highest BCUT2D eigenvalue weighted by Crippen LogP contribution is 2.25. The van der Waals surface area contributed by atoms with Crippen LogP contribution in [0.1, 0.15) is 16.1 Å². The lowest BCUT2D eigenvalue weighted by Crippen LogP contribution is -2.26. The van der Waals surface area contributed by atoms with E-state index >= 15 is 0 Å². The van der Waals surface area contributed by atoms with Gasteiger partial charge in [-0.05, 0) is 36.4 Å². The van der Waals surface area contributed by atoms with E-state index in [-0.39, 0.29) is 22.6 Å². The van der Waals surface area contributed by atoms with Crippen LogP contribution in [0, 0.1) is 0 Å². The fourth-order valence-corrected chi connectivity index (χ4v) is 5.09. The van der Waals surface area contributed by atoms with Gasteiger partial charge in [0, 0.05) is 29.7 Å². The van der Waals surface area contributed by atoms with Gasteiger partial charge in [-0.25, -0.2) is 18.2 Å². The summed E-state index contributed by atoms with van der Waals surface area (Å²) < 4.78 is 33.8. The second-order valence-electron chi connectivity index (χ2n) is 6.70. The number of carbonyl (C=O) groups is 1. The van der Waals surface area contributed by atoms with E-state index in [4.69, 9.17) is 16.3 Å². The summed E-state index contributed by atoms with van der Waals surface area (Å²) in [6, 6.07) is 13.2. The molecule has 0 amide bonds. The molecule has 0 saturated carbocycles. The predicted molar refractivity (Wildman–Crippen MR) is 122 cm³/mol. The molecule has 0 fully saturated rings. The summed E-state index contributed by atoms with van der Waals surface area (Å²) in [7, 11) is -2.54. The van der Waals surface area contributed by atoms with Crippen molar-refractivity contribution in [2.75, 3.05) is 11.4 Å². The Labute approximate surface area is 192 Å². The number of aromatic nitrogens is 2. The number of benzene rings is 2. The average molecular weight is 490 g/mol. The van der Waals surface area contributed by atoms with Gasteiger partial charge in [-0.2, -0.15) is 0 Å². The van der Waals surface area contributed by atoms with Gasteiger partial charge in [-0.1, -0.05) is 23.7 Å². The number of rotatable bonds is 6. The summed E-state index contributed by atoms with van der Waals surface area (Å²) in [5.41, 5.74) is 0.459. The van der Waals surface area contributed by atoms with Crippen LogP contribution in [0.25, 0.3) is 4.96 Å². The van der Waals surface area contributed by atoms with Gasteiger partial charge in [0.25, 0.3) is 15.6 Å². The second-order valence-corrected chi connectivity index (χ2v) is 9.98. The molecular weight excluding hydrogens is 474 g/mol. The van der Waals surface area contributed by atoms with E-state index in [0.717, 1.165) is 4.31 Å². The first kappa shape index (κ1) is 22.0. The Kier molecular flexibility index (Phi) is 6.00. The predicted octanol–water partition coefficient (Wildman–Crippen LogP) is 3.59. The molecule has 0 aliphatic heterocycles. The molecule has 0 radical (unpaired) electrons. The molecule has 32 heavy (non-hydrogen) atoms. The molecule has 2 heterocycles. The first-order chi connectivity index (χ1) is 15.3. The van der Waals surface area contributed by atoms with E-state index in [9.17, 15) is 18.0 Å². The second kappa shape index (κ2) is 8.73. The lowest BCUT2D eigenvalue weighted by Gasteiger charge is -2.20. The monoisotopic (exact) mass is 489 g/mol. The minimum Gasteiger partial charge on any atom is -0.456 e. The van der Waals surface area contributed by atoms with Crippen LogP contribution in [0.5, 0.6) is 0 Å². The van der Waals surface area contributed by atoms with Crippen LogP contribution in [-0.4, -0.2) is 30.8 Å². The number of ether oxygens (including phenoxy) is 1. The molecule has 11 heteroatoms. The third-order valence-electron chi connectivity index (χ3n) is 4.61. The Balaban J connectivity index is 1.53. The van der Waals surface area contributed by atoms with Crippen LogP contribution in [0.2, 0.25) is 5.02 Å². The largest absolute Gasteiger partial charge is 0.456 e. The third-order valence-corrected chi connectivity index (χ3v) is 7.38. The van der Waals surface area contributed by atoms with E-state index in [1.165, 1.54) is 59.2 Å². The summed E-state index contributed by atoms with van der Waals surface area (Å²) in [6.07, 6.45) is 1.61. The summed E-state index contributed by atoms with van der Waals surface area (Å²) in [5.74, 6) is -0.736. The number of halogens is 1. The van der Waals surface area contributed by atoms with Gasteiger partial charge < -0.3 is 4.74 Å². The van der Waals surface area contributed by atoms with Crippen molar-refractivity contribution in [3.8, 4) is 0 Å². The van der Waals surface area contributed by atoms with Crippen molar-refractivity contribution < 1.29 is 17.9 Å². The van der Waals surface area contributed by atoms with Gasteiger partial charge in [-0.15, -0.1) is 11.3 Å². The Morgan fingerprint density at radius 1 is 1.19 bits per heavy atom. The number of anilines is 1. The van der Waals surface area contributed by atoms with Crippen molar-refractivity contribution in [2.24, 2.45) is 0 Å². The zero-order valence-corrected chi connectivity index (χ0v) is 19.0. The fourth-order valence-electron chi connectivity index (χ4n) is 2.94. The van der Waals surface area contributed by atoms with E-state index in [0.29, 0.717) is 21.4 Å². The Morgan fingerprint density at radius 2 is 1.97 bits per heavy atom. The van der Waals surface area contributed by atoms with Gasteiger partial charge in [0.2, 0.25) is 0 Å². The van der Waals surface area contributed by atoms with Crippen molar-refractivity contribution in [2.45, 2.75) is 11.5 Å². The highest BCUT2D eigenvalue weighted by molar-refractivity contribution is 7.92. The molecule has 0 unspecified atom stereocenters. The minimum atomic E-state index is -3.94. The molecular formula is C21H16ClN3O5S2. The molecule has 8 nitrogen and oxygen atoms in total. The molecule has 2 aromatic heterocycles. The maximum Gasteiger partial charge on any atom is 0.338 e. The maximum atomic E-state index is 13.0. The normalized spacial score (nSPS) is 11.4. The number of hydrogen-bond acceptors (Lipinski definition) is 7. The fraction of sp³-hybridized carbons (Fsp3) is 0.0952. The number of nitrogens with zero attached hydrogens (tertiary/aromatic N) is 3. The number of thiazole rings is 1.